The molecular weight excluding hydrogens is 307 g/mol. The van der Waals surface area contributed by atoms with Gasteiger partial charge in [0.15, 0.2) is 0 Å². The molecule has 19 heavy (non-hydrogen) atoms. The second kappa shape index (κ2) is 6.26. The molecule has 0 amide bonds. The zero-order valence-electron chi connectivity index (χ0n) is 11.0. The Morgan fingerprint density at radius 2 is 2.16 bits per heavy atom. The molecule has 2 rings (SSSR count). The van der Waals surface area contributed by atoms with Crippen LogP contribution in [0.1, 0.15) is 22.7 Å². The molecule has 1 unspecified atom stereocenters. The molecule has 100 valence electrons. The van der Waals surface area contributed by atoms with Crippen LogP contribution in [0, 0.1) is 12.7 Å². The largest absolute Gasteiger partial charge is 0.313 e. The number of pyridine rings is 1. The maximum absolute atomic E-state index is 13.8. The molecule has 0 spiro atoms. The molecule has 0 aliphatic rings. The minimum atomic E-state index is -0.176. The van der Waals surface area contributed by atoms with Crippen molar-refractivity contribution in [3.05, 3.63) is 63.6 Å². The number of hydrogen-bond donors (Lipinski definition) is 1. The van der Waals surface area contributed by atoms with E-state index in [1.807, 2.05) is 32.3 Å². The summed E-state index contributed by atoms with van der Waals surface area (Å²) in [5.74, 6) is -0.176. The third-order valence-corrected chi connectivity index (χ3v) is 3.73. The quantitative estimate of drug-likeness (QED) is 0.926. The first-order chi connectivity index (χ1) is 9.11. The lowest BCUT2D eigenvalue weighted by Gasteiger charge is -2.19. The highest BCUT2D eigenvalue weighted by molar-refractivity contribution is 9.10. The van der Waals surface area contributed by atoms with Crippen molar-refractivity contribution in [2.24, 2.45) is 0 Å². The molecule has 0 fully saturated rings. The zero-order chi connectivity index (χ0) is 13.8. The average molecular weight is 323 g/mol. The van der Waals surface area contributed by atoms with Gasteiger partial charge in [-0.2, -0.15) is 0 Å². The summed E-state index contributed by atoms with van der Waals surface area (Å²) in [4.78, 5) is 4.15. The van der Waals surface area contributed by atoms with Crippen molar-refractivity contribution in [3.8, 4) is 0 Å². The maximum Gasteiger partial charge on any atom is 0.126 e. The molecule has 4 heteroatoms. The fourth-order valence-electron chi connectivity index (χ4n) is 2.13. The zero-order valence-corrected chi connectivity index (χ0v) is 12.5. The van der Waals surface area contributed by atoms with E-state index in [2.05, 4.69) is 26.2 Å². The van der Waals surface area contributed by atoms with Gasteiger partial charge in [-0.25, -0.2) is 4.39 Å². The van der Waals surface area contributed by atoms with Gasteiger partial charge in [-0.1, -0.05) is 15.9 Å². The van der Waals surface area contributed by atoms with Crippen molar-refractivity contribution in [1.29, 1.82) is 0 Å². The number of likely N-dealkylation sites (N-methyl/N-ethyl adjacent to an activating group) is 1. The number of halogens is 2. The van der Waals surface area contributed by atoms with E-state index < -0.39 is 0 Å². The summed E-state index contributed by atoms with van der Waals surface area (Å²) in [6, 6.07) is 7.05. The van der Waals surface area contributed by atoms with Crippen LogP contribution in [0.2, 0.25) is 0 Å². The van der Waals surface area contributed by atoms with E-state index in [9.17, 15) is 4.39 Å². The Bertz CT molecular complexity index is 572. The van der Waals surface area contributed by atoms with Crippen molar-refractivity contribution in [2.75, 3.05) is 7.05 Å². The van der Waals surface area contributed by atoms with Crippen molar-refractivity contribution < 1.29 is 4.39 Å². The van der Waals surface area contributed by atoms with Gasteiger partial charge in [-0.05, 0) is 61.3 Å². The lowest BCUT2D eigenvalue weighted by molar-refractivity contribution is 0.551. The third kappa shape index (κ3) is 3.39. The Kier molecular flexibility index (Phi) is 4.66. The SMILES string of the molecule is CNC(Cc1cc(Br)ccc1F)c1cnccc1C. The van der Waals surface area contributed by atoms with Crippen molar-refractivity contribution in [1.82, 2.24) is 10.3 Å². The normalized spacial score (nSPS) is 12.4. The van der Waals surface area contributed by atoms with Gasteiger partial charge >= 0.3 is 0 Å². The van der Waals surface area contributed by atoms with Gasteiger partial charge in [0, 0.05) is 22.9 Å². The minimum Gasteiger partial charge on any atom is -0.313 e. The Balaban J connectivity index is 2.29. The lowest BCUT2D eigenvalue weighted by Crippen LogP contribution is -2.20. The van der Waals surface area contributed by atoms with Crippen LogP contribution in [-0.4, -0.2) is 12.0 Å². The van der Waals surface area contributed by atoms with Crippen LogP contribution in [0.3, 0.4) is 0 Å². The predicted molar refractivity (Wildman–Crippen MR) is 78.6 cm³/mol. The molecular formula is C15H16BrFN2. The van der Waals surface area contributed by atoms with Crippen molar-refractivity contribution >= 4 is 15.9 Å². The predicted octanol–water partition coefficient (Wildman–Crippen LogP) is 3.79. The van der Waals surface area contributed by atoms with E-state index in [0.29, 0.717) is 12.0 Å². The molecule has 2 nitrogen and oxygen atoms in total. The van der Waals surface area contributed by atoms with Gasteiger partial charge in [0.2, 0.25) is 0 Å². The molecule has 1 aromatic carbocycles. The first-order valence-corrected chi connectivity index (χ1v) is 6.93. The van der Waals surface area contributed by atoms with Crippen LogP contribution in [0.4, 0.5) is 4.39 Å². The van der Waals surface area contributed by atoms with Crippen LogP contribution in [-0.2, 0) is 6.42 Å². The van der Waals surface area contributed by atoms with Gasteiger partial charge in [0.1, 0.15) is 5.82 Å². The van der Waals surface area contributed by atoms with Crippen molar-refractivity contribution in [3.63, 3.8) is 0 Å². The highest BCUT2D eigenvalue weighted by Crippen LogP contribution is 2.24. The molecule has 0 radical (unpaired) electrons. The number of benzene rings is 1. The molecule has 0 saturated carbocycles. The van der Waals surface area contributed by atoms with E-state index in [0.717, 1.165) is 15.6 Å². The monoisotopic (exact) mass is 322 g/mol. The molecule has 1 atom stereocenters. The Hall–Kier alpha value is -1.26. The van der Waals surface area contributed by atoms with Crippen LogP contribution in [0.25, 0.3) is 0 Å². The smallest absolute Gasteiger partial charge is 0.126 e. The standard InChI is InChI=1S/C15H16BrFN2/c1-10-5-6-19-9-13(10)15(18-2)8-11-7-12(16)3-4-14(11)17/h3-7,9,15,18H,8H2,1-2H3. The first kappa shape index (κ1) is 14.2. The number of hydrogen-bond acceptors (Lipinski definition) is 2. The Morgan fingerprint density at radius 1 is 1.37 bits per heavy atom. The summed E-state index contributed by atoms with van der Waals surface area (Å²) in [5.41, 5.74) is 2.95. The molecule has 0 aliphatic carbocycles. The summed E-state index contributed by atoms with van der Waals surface area (Å²) in [7, 11) is 1.88. The number of nitrogens with one attached hydrogen (secondary N) is 1. The molecule has 2 aromatic rings. The van der Waals surface area contributed by atoms with E-state index >= 15 is 0 Å². The van der Waals surface area contributed by atoms with E-state index in [4.69, 9.17) is 0 Å². The number of aryl methyl sites for hydroxylation is 1. The van der Waals surface area contributed by atoms with Crippen LogP contribution in [0.15, 0.2) is 41.1 Å². The van der Waals surface area contributed by atoms with Gasteiger partial charge in [-0.15, -0.1) is 0 Å². The summed E-state index contributed by atoms with van der Waals surface area (Å²) in [5, 5.41) is 3.23. The Morgan fingerprint density at radius 3 is 2.84 bits per heavy atom. The van der Waals surface area contributed by atoms with Gasteiger partial charge < -0.3 is 5.32 Å². The highest BCUT2D eigenvalue weighted by Gasteiger charge is 2.15. The molecule has 1 N–H and O–H groups in total. The average Bonchev–Trinajstić information content (AvgIpc) is 2.41. The van der Waals surface area contributed by atoms with Crippen LogP contribution >= 0.6 is 15.9 Å². The number of rotatable bonds is 4. The summed E-state index contributed by atoms with van der Waals surface area (Å²) >= 11 is 3.38. The molecule has 0 aliphatic heterocycles. The third-order valence-electron chi connectivity index (χ3n) is 3.24. The minimum absolute atomic E-state index is 0.0532. The number of nitrogens with zero attached hydrogens (tertiary/aromatic N) is 1. The number of aromatic nitrogens is 1. The van der Waals surface area contributed by atoms with Gasteiger partial charge in [-0.3, -0.25) is 4.98 Å². The maximum atomic E-state index is 13.8. The van der Waals surface area contributed by atoms with E-state index in [1.54, 1.807) is 12.3 Å². The molecule has 1 aromatic heterocycles. The first-order valence-electron chi connectivity index (χ1n) is 6.13. The highest BCUT2D eigenvalue weighted by atomic mass is 79.9. The van der Waals surface area contributed by atoms with Gasteiger partial charge in [0.25, 0.3) is 0 Å². The fourth-order valence-corrected chi connectivity index (χ4v) is 2.54. The summed E-state index contributed by atoms with van der Waals surface area (Å²) < 4.78 is 14.7. The molecule has 1 heterocycles. The molecule has 0 bridgehead atoms. The Labute approximate surface area is 121 Å². The van der Waals surface area contributed by atoms with Crippen LogP contribution < -0.4 is 5.32 Å². The second-order valence-corrected chi connectivity index (χ2v) is 5.43. The van der Waals surface area contributed by atoms with Crippen molar-refractivity contribution in [2.45, 2.75) is 19.4 Å². The lowest BCUT2D eigenvalue weighted by atomic mass is 9.97. The van der Waals surface area contributed by atoms with E-state index in [-0.39, 0.29) is 11.9 Å². The second-order valence-electron chi connectivity index (χ2n) is 4.51. The fraction of sp³-hybridized carbons (Fsp3) is 0.267. The summed E-state index contributed by atoms with van der Waals surface area (Å²) in [6.45, 7) is 2.04. The summed E-state index contributed by atoms with van der Waals surface area (Å²) in [6.07, 6.45) is 4.20. The topological polar surface area (TPSA) is 24.9 Å². The van der Waals surface area contributed by atoms with Gasteiger partial charge in [0.05, 0.1) is 0 Å². The molecule has 0 saturated heterocycles. The van der Waals surface area contributed by atoms with E-state index in [1.165, 1.54) is 6.07 Å². The van der Waals surface area contributed by atoms with Crippen LogP contribution in [0.5, 0.6) is 0 Å².